The van der Waals surface area contributed by atoms with Crippen LogP contribution in [0.2, 0.25) is 0 Å². The number of carbonyl (C=O) groups excluding carboxylic acids is 3. The molecular formula is C11H14N2O3. The summed E-state index contributed by atoms with van der Waals surface area (Å²) in [5, 5.41) is 2.80. The van der Waals surface area contributed by atoms with Crippen LogP contribution in [0, 0.1) is 0 Å². The number of nitrogens with zero attached hydrogens (tertiary/aromatic N) is 1. The highest BCUT2D eigenvalue weighted by Crippen LogP contribution is 2.26. The van der Waals surface area contributed by atoms with Gasteiger partial charge >= 0.3 is 0 Å². The standard InChI is InChI=1S/C11H14N2O3/c1-7(14)12-8-3-2-4-9(8)13-10(15)5-6-11(13)16/h5-6,8-9H,2-4H2,1H3,(H,12,14)/t8-,9-/m0/s1. The summed E-state index contributed by atoms with van der Waals surface area (Å²) in [6, 6.07) is -0.274. The van der Waals surface area contributed by atoms with Gasteiger partial charge < -0.3 is 5.32 Å². The van der Waals surface area contributed by atoms with Crippen LogP contribution in [0.3, 0.4) is 0 Å². The summed E-state index contributed by atoms with van der Waals surface area (Å²) in [7, 11) is 0. The van der Waals surface area contributed by atoms with Crippen LogP contribution in [0.15, 0.2) is 12.2 Å². The molecule has 1 heterocycles. The van der Waals surface area contributed by atoms with Crippen molar-refractivity contribution in [3.8, 4) is 0 Å². The Morgan fingerprint density at radius 3 is 2.50 bits per heavy atom. The minimum Gasteiger partial charge on any atom is -0.352 e. The first-order chi connectivity index (χ1) is 7.59. The van der Waals surface area contributed by atoms with E-state index in [1.165, 1.54) is 24.0 Å². The Kier molecular flexibility index (Phi) is 2.77. The summed E-state index contributed by atoms with van der Waals surface area (Å²) in [4.78, 5) is 35.3. The normalized spacial score (nSPS) is 28.9. The van der Waals surface area contributed by atoms with E-state index in [4.69, 9.17) is 0 Å². The fourth-order valence-electron chi connectivity index (χ4n) is 2.42. The summed E-state index contributed by atoms with van der Waals surface area (Å²) >= 11 is 0. The van der Waals surface area contributed by atoms with E-state index in [-0.39, 0.29) is 29.8 Å². The Morgan fingerprint density at radius 1 is 1.31 bits per heavy atom. The van der Waals surface area contributed by atoms with Gasteiger partial charge in [-0.25, -0.2) is 0 Å². The largest absolute Gasteiger partial charge is 0.352 e. The summed E-state index contributed by atoms with van der Waals surface area (Å²) in [6.45, 7) is 1.45. The van der Waals surface area contributed by atoms with Gasteiger partial charge in [-0.1, -0.05) is 0 Å². The summed E-state index contributed by atoms with van der Waals surface area (Å²) < 4.78 is 0. The Labute approximate surface area is 93.5 Å². The zero-order valence-corrected chi connectivity index (χ0v) is 9.10. The lowest BCUT2D eigenvalue weighted by Gasteiger charge is -2.28. The molecule has 0 aromatic carbocycles. The smallest absolute Gasteiger partial charge is 0.253 e. The van der Waals surface area contributed by atoms with Crippen molar-refractivity contribution in [2.45, 2.75) is 38.3 Å². The number of imide groups is 1. The maximum absolute atomic E-state index is 11.5. The molecule has 0 bridgehead atoms. The van der Waals surface area contributed by atoms with E-state index < -0.39 is 0 Å². The molecule has 16 heavy (non-hydrogen) atoms. The van der Waals surface area contributed by atoms with Crippen LogP contribution in [-0.2, 0) is 14.4 Å². The van der Waals surface area contributed by atoms with Gasteiger partial charge in [0, 0.05) is 25.1 Å². The SMILES string of the molecule is CC(=O)N[C@H]1CCC[C@@H]1N1C(=O)C=CC1=O. The average Bonchev–Trinajstić information content (AvgIpc) is 2.74. The first-order valence-electron chi connectivity index (χ1n) is 5.42. The molecule has 2 rings (SSSR count). The van der Waals surface area contributed by atoms with Gasteiger partial charge in [0.1, 0.15) is 0 Å². The molecule has 0 spiro atoms. The second kappa shape index (κ2) is 4.08. The number of hydrogen-bond donors (Lipinski definition) is 1. The third kappa shape index (κ3) is 1.85. The molecule has 1 N–H and O–H groups in total. The molecule has 1 fully saturated rings. The number of carbonyl (C=O) groups is 3. The third-order valence-electron chi connectivity index (χ3n) is 3.04. The highest BCUT2D eigenvalue weighted by molar-refractivity contribution is 6.13. The number of rotatable bonds is 2. The molecule has 0 aromatic heterocycles. The maximum atomic E-state index is 11.5. The second-order valence-electron chi connectivity index (χ2n) is 4.19. The maximum Gasteiger partial charge on any atom is 0.253 e. The molecule has 1 saturated carbocycles. The average molecular weight is 222 g/mol. The number of hydrogen-bond acceptors (Lipinski definition) is 3. The molecule has 1 aliphatic heterocycles. The third-order valence-corrected chi connectivity index (χ3v) is 3.04. The lowest BCUT2D eigenvalue weighted by atomic mass is 10.1. The molecule has 5 nitrogen and oxygen atoms in total. The molecule has 0 radical (unpaired) electrons. The highest BCUT2D eigenvalue weighted by atomic mass is 16.2. The van der Waals surface area contributed by atoms with Crippen molar-refractivity contribution in [3.05, 3.63) is 12.2 Å². The Hall–Kier alpha value is -1.65. The van der Waals surface area contributed by atoms with Crippen molar-refractivity contribution in [1.82, 2.24) is 10.2 Å². The lowest BCUT2D eigenvalue weighted by molar-refractivity contribution is -0.140. The van der Waals surface area contributed by atoms with Gasteiger partial charge in [0.05, 0.1) is 6.04 Å². The van der Waals surface area contributed by atoms with Gasteiger partial charge in [-0.15, -0.1) is 0 Å². The molecule has 0 aromatic rings. The fraction of sp³-hybridized carbons (Fsp3) is 0.545. The van der Waals surface area contributed by atoms with Crippen LogP contribution in [-0.4, -0.2) is 34.7 Å². The Balaban J connectivity index is 2.11. The zero-order chi connectivity index (χ0) is 11.7. The predicted molar refractivity (Wildman–Crippen MR) is 56.2 cm³/mol. The molecule has 2 atom stereocenters. The first kappa shape index (κ1) is 10.9. The van der Waals surface area contributed by atoms with Crippen molar-refractivity contribution < 1.29 is 14.4 Å². The van der Waals surface area contributed by atoms with Crippen molar-refractivity contribution in [2.75, 3.05) is 0 Å². The number of amides is 3. The van der Waals surface area contributed by atoms with Crippen molar-refractivity contribution >= 4 is 17.7 Å². The van der Waals surface area contributed by atoms with Crippen molar-refractivity contribution in [2.24, 2.45) is 0 Å². The van der Waals surface area contributed by atoms with Gasteiger partial charge in [0.25, 0.3) is 11.8 Å². The molecule has 86 valence electrons. The summed E-state index contributed by atoms with van der Waals surface area (Å²) in [5.41, 5.74) is 0. The van der Waals surface area contributed by atoms with Crippen LogP contribution in [0.5, 0.6) is 0 Å². The molecule has 0 unspecified atom stereocenters. The van der Waals surface area contributed by atoms with E-state index in [1.54, 1.807) is 0 Å². The van der Waals surface area contributed by atoms with Crippen LogP contribution in [0.25, 0.3) is 0 Å². The molecular weight excluding hydrogens is 208 g/mol. The molecule has 5 heteroatoms. The van der Waals surface area contributed by atoms with Crippen LogP contribution in [0.4, 0.5) is 0 Å². The molecule has 3 amide bonds. The van der Waals surface area contributed by atoms with Gasteiger partial charge in [-0.2, -0.15) is 0 Å². The quantitative estimate of drug-likeness (QED) is 0.667. The summed E-state index contributed by atoms with van der Waals surface area (Å²) in [5.74, 6) is -0.663. The van der Waals surface area contributed by atoms with E-state index in [1.807, 2.05) is 0 Å². The van der Waals surface area contributed by atoms with Gasteiger partial charge in [0.2, 0.25) is 5.91 Å². The van der Waals surface area contributed by atoms with Crippen molar-refractivity contribution in [3.63, 3.8) is 0 Å². The van der Waals surface area contributed by atoms with E-state index in [0.29, 0.717) is 0 Å². The first-order valence-corrected chi connectivity index (χ1v) is 5.42. The topological polar surface area (TPSA) is 66.5 Å². The van der Waals surface area contributed by atoms with Crippen LogP contribution < -0.4 is 5.32 Å². The predicted octanol–water partition coefficient (Wildman–Crippen LogP) is -0.0314. The Morgan fingerprint density at radius 2 is 1.94 bits per heavy atom. The molecule has 2 aliphatic rings. The molecule has 0 saturated heterocycles. The van der Waals surface area contributed by atoms with Crippen LogP contribution >= 0.6 is 0 Å². The van der Waals surface area contributed by atoms with E-state index in [2.05, 4.69) is 5.32 Å². The fourth-order valence-corrected chi connectivity index (χ4v) is 2.42. The van der Waals surface area contributed by atoms with E-state index in [0.717, 1.165) is 19.3 Å². The van der Waals surface area contributed by atoms with Crippen molar-refractivity contribution in [1.29, 1.82) is 0 Å². The van der Waals surface area contributed by atoms with Crippen LogP contribution in [0.1, 0.15) is 26.2 Å². The number of nitrogens with one attached hydrogen (secondary N) is 1. The Bertz CT molecular complexity index is 357. The second-order valence-corrected chi connectivity index (χ2v) is 4.19. The minimum atomic E-state index is -0.271. The van der Waals surface area contributed by atoms with Gasteiger partial charge in [-0.05, 0) is 19.3 Å². The van der Waals surface area contributed by atoms with Gasteiger partial charge in [0.15, 0.2) is 0 Å². The van der Waals surface area contributed by atoms with E-state index >= 15 is 0 Å². The minimum absolute atomic E-state index is 0.0923. The monoisotopic (exact) mass is 222 g/mol. The zero-order valence-electron chi connectivity index (χ0n) is 9.10. The van der Waals surface area contributed by atoms with Gasteiger partial charge in [-0.3, -0.25) is 19.3 Å². The molecule has 1 aliphatic carbocycles. The summed E-state index contributed by atoms with van der Waals surface area (Å²) in [6.07, 6.45) is 5.08. The highest BCUT2D eigenvalue weighted by Gasteiger charge is 2.39. The lowest BCUT2D eigenvalue weighted by Crippen LogP contribution is -2.50. The van der Waals surface area contributed by atoms with E-state index in [9.17, 15) is 14.4 Å².